The molecule has 0 aliphatic heterocycles. The van der Waals surface area contributed by atoms with E-state index in [1.54, 1.807) is 0 Å². The van der Waals surface area contributed by atoms with Crippen molar-refractivity contribution in [1.82, 2.24) is 10.7 Å². The Kier molecular flexibility index (Phi) is 5.40. The molecule has 0 spiro atoms. The van der Waals surface area contributed by atoms with Crippen LogP contribution in [0, 0.1) is 10.1 Å². The van der Waals surface area contributed by atoms with Gasteiger partial charge in [0.25, 0.3) is 0 Å². The molecule has 0 saturated carbocycles. The molecule has 6 nitrogen and oxygen atoms in total. The van der Waals surface area contributed by atoms with Crippen LogP contribution in [0.5, 0.6) is 0 Å². The number of unbranched alkanes of at least 4 members (excludes halogenated alkanes) is 1. The van der Waals surface area contributed by atoms with Crippen LogP contribution < -0.4 is 16.5 Å². The van der Waals surface area contributed by atoms with Gasteiger partial charge < -0.3 is 0 Å². The van der Waals surface area contributed by atoms with Gasteiger partial charge in [0.1, 0.15) is 0 Å². The highest BCUT2D eigenvalue weighted by molar-refractivity contribution is 4.49. The summed E-state index contributed by atoms with van der Waals surface area (Å²) in [6.07, 6.45) is 1.25. The number of nitrogens with two attached hydrogens (primary N) is 1. The zero-order chi connectivity index (χ0) is 8.69. The molecule has 0 heterocycles. The van der Waals surface area contributed by atoms with E-state index in [0.29, 0.717) is 6.54 Å². The number of nitrogens with one attached hydrogen (secondary N) is 2. The first kappa shape index (κ1) is 10.1. The minimum Gasteiger partial charge on any atom is -0.294 e. The van der Waals surface area contributed by atoms with E-state index in [2.05, 4.69) is 5.32 Å². The van der Waals surface area contributed by atoms with E-state index in [1.807, 2.05) is 12.3 Å². The Hall–Kier alpha value is -0.880. The van der Waals surface area contributed by atoms with Crippen molar-refractivity contribution in [2.75, 3.05) is 6.54 Å². The molecule has 0 amide bonds. The maximum Gasteiger partial charge on any atom is 0.187 e. The third-order valence-corrected chi connectivity index (χ3v) is 1.14. The standard InChI is InChI=1S/C5H14N4O2/c1-2-3-4-7-5(6)8-9(10)11/h5,7-8H,2-4,6H2,1H3/t5-/m1/s1. The first-order valence-electron chi connectivity index (χ1n) is 3.56. The molecule has 0 saturated heterocycles. The zero-order valence-electron chi connectivity index (χ0n) is 6.54. The van der Waals surface area contributed by atoms with Gasteiger partial charge in [0.2, 0.25) is 0 Å². The van der Waals surface area contributed by atoms with Gasteiger partial charge in [0, 0.05) is 0 Å². The molecule has 0 bridgehead atoms. The van der Waals surface area contributed by atoms with Crippen molar-refractivity contribution in [3.8, 4) is 0 Å². The summed E-state index contributed by atoms with van der Waals surface area (Å²) in [6.45, 7) is 2.73. The molecule has 0 radical (unpaired) electrons. The zero-order valence-corrected chi connectivity index (χ0v) is 6.54. The fourth-order valence-corrected chi connectivity index (χ4v) is 0.594. The van der Waals surface area contributed by atoms with Gasteiger partial charge in [-0.2, -0.15) is 0 Å². The van der Waals surface area contributed by atoms with Gasteiger partial charge in [-0.05, 0) is 13.0 Å². The van der Waals surface area contributed by atoms with Crippen molar-refractivity contribution in [2.24, 2.45) is 5.73 Å². The highest BCUT2D eigenvalue weighted by Crippen LogP contribution is 1.81. The molecule has 4 N–H and O–H groups in total. The van der Waals surface area contributed by atoms with Crippen LogP contribution in [0.15, 0.2) is 0 Å². The SMILES string of the molecule is CCCCN[C@@H](N)N[N+](=O)[O-]. The first-order chi connectivity index (χ1) is 5.16. The van der Waals surface area contributed by atoms with Gasteiger partial charge in [0.15, 0.2) is 11.3 Å². The Morgan fingerprint density at radius 1 is 1.73 bits per heavy atom. The second kappa shape index (κ2) is 5.87. The quantitative estimate of drug-likeness (QED) is 0.210. The second-order valence-electron chi connectivity index (χ2n) is 2.17. The first-order valence-corrected chi connectivity index (χ1v) is 3.56. The molecule has 0 aliphatic rings. The third-order valence-electron chi connectivity index (χ3n) is 1.14. The van der Waals surface area contributed by atoms with E-state index in [4.69, 9.17) is 5.73 Å². The maximum atomic E-state index is 9.82. The van der Waals surface area contributed by atoms with Crippen molar-refractivity contribution in [3.05, 3.63) is 10.1 Å². The van der Waals surface area contributed by atoms with E-state index in [0.717, 1.165) is 12.8 Å². The minimum absolute atomic E-state index is 0.663. The van der Waals surface area contributed by atoms with Gasteiger partial charge in [0.05, 0.1) is 0 Å². The van der Waals surface area contributed by atoms with Crippen LogP contribution in [-0.4, -0.2) is 17.9 Å². The van der Waals surface area contributed by atoms with Gasteiger partial charge >= 0.3 is 0 Å². The summed E-state index contributed by atoms with van der Waals surface area (Å²) in [5.74, 6) is 0. The number of rotatable bonds is 6. The molecule has 1 atom stereocenters. The van der Waals surface area contributed by atoms with Gasteiger partial charge in [-0.25, -0.2) is 10.1 Å². The van der Waals surface area contributed by atoms with E-state index >= 15 is 0 Å². The molecule has 11 heavy (non-hydrogen) atoms. The van der Waals surface area contributed by atoms with E-state index < -0.39 is 11.3 Å². The summed E-state index contributed by atoms with van der Waals surface area (Å²) < 4.78 is 0. The number of nitro groups is 1. The average Bonchev–Trinajstić information content (AvgIpc) is 1.86. The molecular weight excluding hydrogens is 148 g/mol. The number of nitrogens with zero attached hydrogens (tertiary/aromatic N) is 1. The Morgan fingerprint density at radius 3 is 2.82 bits per heavy atom. The summed E-state index contributed by atoms with van der Waals surface area (Å²) in [7, 11) is 0. The van der Waals surface area contributed by atoms with Crippen molar-refractivity contribution in [3.63, 3.8) is 0 Å². The Labute approximate surface area is 65.3 Å². The summed E-state index contributed by atoms with van der Waals surface area (Å²) in [4.78, 5) is 9.82. The third kappa shape index (κ3) is 7.01. The number of hydrazine groups is 1. The molecule has 0 rings (SSSR count). The van der Waals surface area contributed by atoms with Crippen LogP contribution in [0.4, 0.5) is 0 Å². The van der Waals surface area contributed by atoms with Crippen LogP contribution in [0.3, 0.4) is 0 Å². The molecule has 66 valence electrons. The highest BCUT2D eigenvalue weighted by atomic mass is 16.7. The molecule has 0 aromatic carbocycles. The predicted octanol–water partition coefficient (Wildman–Crippen LogP) is -0.600. The van der Waals surface area contributed by atoms with Crippen molar-refractivity contribution >= 4 is 0 Å². The van der Waals surface area contributed by atoms with Gasteiger partial charge in [-0.15, -0.1) is 5.43 Å². The van der Waals surface area contributed by atoms with E-state index in [1.165, 1.54) is 0 Å². The summed E-state index contributed by atoms with van der Waals surface area (Å²) >= 11 is 0. The van der Waals surface area contributed by atoms with Gasteiger partial charge in [-0.3, -0.25) is 11.1 Å². The van der Waals surface area contributed by atoms with E-state index in [-0.39, 0.29) is 0 Å². The largest absolute Gasteiger partial charge is 0.294 e. The molecule has 0 aromatic rings. The normalized spacial score (nSPS) is 12.5. The monoisotopic (exact) mass is 162 g/mol. The lowest BCUT2D eigenvalue weighted by Gasteiger charge is -2.08. The summed E-state index contributed by atoms with van der Waals surface area (Å²) in [5, 5.41) is 11.9. The molecule has 6 heteroatoms. The fourth-order valence-electron chi connectivity index (χ4n) is 0.594. The van der Waals surface area contributed by atoms with Gasteiger partial charge in [-0.1, -0.05) is 13.3 Å². The van der Waals surface area contributed by atoms with Crippen LogP contribution in [0.1, 0.15) is 19.8 Å². The lowest BCUT2D eigenvalue weighted by molar-refractivity contribution is -0.552. The number of hydrogen-bond donors (Lipinski definition) is 3. The van der Waals surface area contributed by atoms with E-state index in [9.17, 15) is 10.1 Å². The molecule has 0 aliphatic carbocycles. The van der Waals surface area contributed by atoms with Crippen LogP contribution in [-0.2, 0) is 0 Å². The maximum absolute atomic E-state index is 9.82. The lowest BCUT2D eigenvalue weighted by Crippen LogP contribution is -2.51. The smallest absolute Gasteiger partial charge is 0.187 e. The molecule has 0 aromatic heterocycles. The number of hydrogen-bond acceptors (Lipinski definition) is 4. The average molecular weight is 162 g/mol. The van der Waals surface area contributed by atoms with Crippen LogP contribution >= 0.6 is 0 Å². The fraction of sp³-hybridized carbons (Fsp3) is 1.00. The van der Waals surface area contributed by atoms with Crippen molar-refractivity contribution in [1.29, 1.82) is 0 Å². The van der Waals surface area contributed by atoms with Crippen molar-refractivity contribution < 1.29 is 5.03 Å². The summed E-state index contributed by atoms with van der Waals surface area (Å²) in [6, 6.07) is 0. The highest BCUT2D eigenvalue weighted by Gasteiger charge is 2.03. The molecule has 0 fully saturated rings. The van der Waals surface area contributed by atoms with Crippen molar-refractivity contribution in [2.45, 2.75) is 26.1 Å². The van der Waals surface area contributed by atoms with Crippen LogP contribution in [0.2, 0.25) is 0 Å². The second-order valence-corrected chi connectivity index (χ2v) is 2.17. The summed E-state index contributed by atoms with van der Waals surface area (Å²) in [5.41, 5.74) is 7.14. The van der Waals surface area contributed by atoms with Crippen LogP contribution in [0.25, 0.3) is 0 Å². The molecule has 0 unspecified atom stereocenters. The topological polar surface area (TPSA) is 93.2 Å². The Bertz CT molecular complexity index is 119. The Balaban J connectivity index is 3.22. The minimum atomic E-state index is -0.753. The predicted molar refractivity (Wildman–Crippen MR) is 41.0 cm³/mol. The molecular formula is C5H14N4O2. The Morgan fingerprint density at radius 2 is 2.36 bits per heavy atom. The lowest BCUT2D eigenvalue weighted by atomic mass is 10.3.